The van der Waals surface area contributed by atoms with Gasteiger partial charge in [0.2, 0.25) is 0 Å². The van der Waals surface area contributed by atoms with Crippen LogP contribution >= 0.6 is 11.6 Å². The minimum Gasteiger partial charge on any atom is -0.298 e. The van der Waals surface area contributed by atoms with Crippen LogP contribution in [0.5, 0.6) is 0 Å². The van der Waals surface area contributed by atoms with Crippen LogP contribution in [0.4, 0.5) is 4.39 Å². The van der Waals surface area contributed by atoms with Crippen molar-refractivity contribution in [3.63, 3.8) is 0 Å². The smallest absolute Gasteiger partial charge is 0.252 e. The van der Waals surface area contributed by atoms with Gasteiger partial charge in [-0.25, -0.2) is 13.9 Å². The number of benzene rings is 2. The predicted molar refractivity (Wildman–Crippen MR) is 120 cm³/mol. The molecule has 7 heteroatoms. The van der Waals surface area contributed by atoms with Gasteiger partial charge in [0, 0.05) is 40.9 Å². The van der Waals surface area contributed by atoms with Crippen molar-refractivity contribution in [2.24, 2.45) is 0 Å². The van der Waals surface area contributed by atoms with E-state index in [9.17, 15) is 4.39 Å². The van der Waals surface area contributed by atoms with Gasteiger partial charge >= 0.3 is 0 Å². The van der Waals surface area contributed by atoms with Crippen LogP contribution in [0.25, 0.3) is 16.9 Å². The van der Waals surface area contributed by atoms with Gasteiger partial charge in [0.1, 0.15) is 12.1 Å². The van der Waals surface area contributed by atoms with Gasteiger partial charge in [-0.3, -0.25) is 4.90 Å². The van der Waals surface area contributed by atoms with E-state index in [1.54, 1.807) is 18.5 Å². The fourth-order valence-electron chi connectivity index (χ4n) is 4.49. The van der Waals surface area contributed by atoms with E-state index in [1.165, 1.54) is 0 Å². The molecule has 1 atom stereocenters. The summed E-state index contributed by atoms with van der Waals surface area (Å²) in [5, 5.41) is 5.03. The van der Waals surface area contributed by atoms with Crippen LogP contribution in [0.3, 0.4) is 0 Å². The van der Waals surface area contributed by atoms with Crippen molar-refractivity contribution in [3.05, 3.63) is 82.6 Å². The predicted octanol–water partition coefficient (Wildman–Crippen LogP) is 5.27. The molecule has 5 nitrogen and oxygen atoms in total. The monoisotopic (exact) mass is 435 g/mol. The maximum atomic E-state index is 14.7. The summed E-state index contributed by atoms with van der Waals surface area (Å²) >= 11 is 6.36. The van der Waals surface area contributed by atoms with Gasteiger partial charge in [-0.2, -0.15) is 10.1 Å². The molecule has 2 aromatic carbocycles. The molecule has 5 rings (SSSR count). The quantitative estimate of drug-likeness (QED) is 0.438. The van der Waals surface area contributed by atoms with Crippen LogP contribution in [0.2, 0.25) is 5.02 Å². The molecule has 1 fully saturated rings. The summed E-state index contributed by atoms with van der Waals surface area (Å²) in [4.78, 5) is 11.0. The summed E-state index contributed by atoms with van der Waals surface area (Å²) in [5.41, 5.74) is 4.60. The Kier molecular flexibility index (Phi) is 5.42. The average Bonchev–Trinajstić information content (AvgIpc) is 3.24. The first-order chi connectivity index (χ1) is 15.1. The van der Waals surface area contributed by atoms with Crippen molar-refractivity contribution in [2.75, 3.05) is 13.1 Å². The van der Waals surface area contributed by atoms with Crippen molar-refractivity contribution >= 4 is 17.4 Å². The topological polar surface area (TPSA) is 46.3 Å². The van der Waals surface area contributed by atoms with Crippen molar-refractivity contribution in [2.45, 2.75) is 32.2 Å². The number of hydrogen-bond donors (Lipinski definition) is 0. The number of fused-ring (bicyclic) bond motifs is 1. The minimum atomic E-state index is -0.184. The first-order valence-corrected chi connectivity index (χ1v) is 10.9. The van der Waals surface area contributed by atoms with Crippen LogP contribution in [0.15, 0.2) is 54.9 Å². The lowest BCUT2D eigenvalue weighted by Crippen LogP contribution is -2.35. The molecule has 1 aliphatic rings. The zero-order chi connectivity index (χ0) is 21.4. The van der Waals surface area contributed by atoms with Gasteiger partial charge in [0.25, 0.3) is 5.78 Å². The number of aryl methyl sites for hydroxylation is 1. The third kappa shape index (κ3) is 4.05. The van der Waals surface area contributed by atoms with E-state index in [2.05, 4.69) is 26.0 Å². The van der Waals surface area contributed by atoms with Crippen molar-refractivity contribution < 1.29 is 4.39 Å². The molecule has 0 aliphatic carbocycles. The normalized spacial score (nSPS) is 17.3. The molecule has 0 amide bonds. The largest absolute Gasteiger partial charge is 0.298 e. The Balaban J connectivity index is 1.40. The molecule has 3 heterocycles. The van der Waals surface area contributed by atoms with Crippen LogP contribution in [0.1, 0.15) is 35.7 Å². The van der Waals surface area contributed by atoms with E-state index in [0.717, 1.165) is 48.4 Å². The minimum absolute atomic E-state index is 0.184. The van der Waals surface area contributed by atoms with Crippen LogP contribution in [-0.4, -0.2) is 37.6 Å². The van der Waals surface area contributed by atoms with Crippen molar-refractivity contribution in [1.29, 1.82) is 0 Å². The van der Waals surface area contributed by atoms with Crippen LogP contribution in [0, 0.1) is 12.7 Å². The standard InChI is InChI=1S/C24H23ClFN5/c1-16-11-23(31-24(29-16)27-15-28-31)18-5-4-10-30(13-18)14-19-12-17(8-9-22(19)26)20-6-2-3-7-21(20)25/h2-3,6-9,11-12,15,18H,4-5,10,13-14H2,1H3. The second kappa shape index (κ2) is 8.36. The maximum absolute atomic E-state index is 14.7. The van der Waals surface area contributed by atoms with Crippen molar-refractivity contribution in [1.82, 2.24) is 24.5 Å². The lowest BCUT2D eigenvalue weighted by Gasteiger charge is -2.33. The fourth-order valence-corrected chi connectivity index (χ4v) is 4.73. The van der Waals surface area contributed by atoms with Gasteiger partial charge in [-0.15, -0.1) is 0 Å². The SMILES string of the molecule is Cc1cc(C2CCCN(Cc3cc(-c4ccccc4Cl)ccc3F)C2)n2ncnc2n1. The highest BCUT2D eigenvalue weighted by Crippen LogP contribution is 2.31. The zero-order valence-electron chi connectivity index (χ0n) is 17.3. The molecule has 2 aromatic heterocycles. The van der Waals surface area contributed by atoms with E-state index in [4.69, 9.17) is 11.6 Å². The zero-order valence-corrected chi connectivity index (χ0v) is 18.1. The Labute approximate surface area is 185 Å². The molecule has 0 spiro atoms. The van der Waals surface area contributed by atoms with Crippen LogP contribution in [-0.2, 0) is 6.54 Å². The van der Waals surface area contributed by atoms with Crippen LogP contribution < -0.4 is 0 Å². The van der Waals surface area contributed by atoms with E-state index in [0.29, 0.717) is 28.8 Å². The first kappa shape index (κ1) is 20.1. The summed E-state index contributed by atoms with van der Waals surface area (Å²) < 4.78 is 16.5. The molecule has 1 unspecified atom stereocenters. The number of nitrogens with zero attached hydrogens (tertiary/aromatic N) is 5. The van der Waals surface area contributed by atoms with E-state index in [-0.39, 0.29) is 5.82 Å². The highest BCUT2D eigenvalue weighted by atomic mass is 35.5. The molecule has 0 radical (unpaired) electrons. The summed E-state index contributed by atoms with van der Waals surface area (Å²) in [6.45, 7) is 4.32. The molecule has 158 valence electrons. The molecule has 4 aromatic rings. The highest BCUT2D eigenvalue weighted by molar-refractivity contribution is 6.33. The molecule has 31 heavy (non-hydrogen) atoms. The van der Waals surface area contributed by atoms with E-state index < -0.39 is 0 Å². The van der Waals surface area contributed by atoms with E-state index in [1.807, 2.05) is 41.8 Å². The van der Waals surface area contributed by atoms with Gasteiger partial charge < -0.3 is 0 Å². The van der Waals surface area contributed by atoms with Gasteiger partial charge in [-0.1, -0.05) is 35.9 Å². The molecule has 1 saturated heterocycles. The molecular formula is C24H23ClFN5. The lowest BCUT2D eigenvalue weighted by atomic mass is 9.93. The number of likely N-dealkylation sites (tertiary alicyclic amines) is 1. The van der Waals surface area contributed by atoms with Gasteiger partial charge in [0.05, 0.1) is 5.69 Å². The third-order valence-electron chi connectivity index (χ3n) is 5.96. The summed E-state index contributed by atoms with van der Waals surface area (Å²) in [6, 6.07) is 15.0. The number of halogens is 2. The molecule has 0 N–H and O–H groups in total. The molecular weight excluding hydrogens is 413 g/mol. The second-order valence-corrected chi connectivity index (χ2v) is 8.56. The Hall–Kier alpha value is -2.83. The molecule has 0 saturated carbocycles. The third-order valence-corrected chi connectivity index (χ3v) is 6.29. The Morgan fingerprint density at radius 1 is 1.16 bits per heavy atom. The van der Waals surface area contributed by atoms with Gasteiger partial charge in [-0.05, 0) is 56.1 Å². The summed E-state index contributed by atoms with van der Waals surface area (Å²) in [6.07, 6.45) is 3.66. The highest BCUT2D eigenvalue weighted by Gasteiger charge is 2.25. The van der Waals surface area contributed by atoms with E-state index >= 15 is 0 Å². The van der Waals surface area contributed by atoms with Crippen molar-refractivity contribution in [3.8, 4) is 11.1 Å². The summed E-state index contributed by atoms with van der Waals surface area (Å²) in [5.74, 6) is 0.747. The van der Waals surface area contributed by atoms with Gasteiger partial charge in [0.15, 0.2) is 0 Å². The average molecular weight is 436 g/mol. The first-order valence-electron chi connectivity index (χ1n) is 10.5. The number of hydrogen-bond acceptors (Lipinski definition) is 4. The number of rotatable bonds is 4. The maximum Gasteiger partial charge on any atom is 0.252 e. The number of piperidine rings is 1. The Morgan fingerprint density at radius 2 is 2.03 bits per heavy atom. The second-order valence-electron chi connectivity index (χ2n) is 8.15. The lowest BCUT2D eigenvalue weighted by molar-refractivity contribution is 0.195. The Bertz CT molecular complexity index is 1240. The Morgan fingerprint density at radius 3 is 2.90 bits per heavy atom. The fraction of sp³-hybridized carbons (Fsp3) is 0.292. The molecule has 1 aliphatic heterocycles. The molecule has 0 bridgehead atoms. The number of aromatic nitrogens is 4. The summed E-state index contributed by atoms with van der Waals surface area (Å²) in [7, 11) is 0.